The number of hydrogen-bond acceptors (Lipinski definition) is 2. The number of hydrogen-bond donors (Lipinski definition) is 2. The van der Waals surface area contributed by atoms with Crippen molar-refractivity contribution < 1.29 is 4.79 Å². The molecule has 1 heterocycles. The lowest BCUT2D eigenvalue weighted by atomic mass is 9.92. The van der Waals surface area contributed by atoms with Crippen LogP contribution >= 0.6 is 12.4 Å². The Hall–Kier alpha value is -0.280. The number of carbonyl (C=O) groups is 1. The molecule has 102 valence electrons. The highest BCUT2D eigenvalue weighted by molar-refractivity contribution is 5.85. The molecule has 0 aromatic carbocycles. The van der Waals surface area contributed by atoms with E-state index in [1.165, 1.54) is 0 Å². The van der Waals surface area contributed by atoms with Crippen LogP contribution in [0, 0.1) is 17.8 Å². The van der Waals surface area contributed by atoms with Gasteiger partial charge < -0.3 is 10.6 Å². The van der Waals surface area contributed by atoms with Crippen molar-refractivity contribution in [1.29, 1.82) is 0 Å². The Kier molecular flexibility index (Phi) is 7.80. The Morgan fingerprint density at radius 1 is 1.41 bits per heavy atom. The predicted octanol–water partition coefficient (Wildman–Crippen LogP) is 2.20. The minimum absolute atomic E-state index is 0. The number of nitrogens with one attached hydrogen (secondary N) is 2. The molecule has 1 amide bonds. The highest BCUT2D eigenvalue weighted by Crippen LogP contribution is 2.15. The quantitative estimate of drug-likeness (QED) is 0.816. The van der Waals surface area contributed by atoms with Crippen LogP contribution in [0.1, 0.15) is 40.5 Å². The van der Waals surface area contributed by atoms with Crippen LogP contribution < -0.4 is 10.6 Å². The minimum atomic E-state index is 0. The zero-order chi connectivity index (χ0) is 12.1. The molecule has 1 aliphatic heterocycles. The van der Waals surface area contributed by atoms with Crippen LogP contribution in [0.4, 0.5) is 0 Å². The predicted molar refractivity (Wildman–Crippen MR) is 74.4 cm³/mol. The van der Waals surface area contributed by atoms with Gasteiger partial charge in [0, 0.05) is 12.5 Å². The molecule has 0 aromatic rings. The number of halogens is 1. The van der Waals surface area contributed by atoms with Crippen LogP contribution in [0.2, 0.25) is 0 Å². The van der Waals surface area contributed by atoms with Crippen LogP contribution in [-0.4, -0.2) is 25.0 Å². The summed E-state index contributed by atoms with van der Waals surface area (Å²) in [5.41, 5.74) is 0. The third-order valence-corrected chi connectivity index (χ3v) is 3.78. The Labute approximate surface area is 112 Å². The average Bonchev–Trinajstić information content (AvgIpc) is 2.21. The van der Waals surface area contributed by atoms with E-state index in [9.17, 15) is 4.79 Å². The molecule has 2 N–H and O–H groups in total. The van der Waals surface area contributed by atoms with E-state index in [1.54, 1.807) is 0 Å². The lowest BCUT2D eigenvalue weighted by Gasteiger charge is -2.30. The largest absolute Gasteiger partial charge is 0.353 e. The van der Waals surface area contributed by atoms with Gasteiger partial charge in [-0.05, 0) is 37.3 Å². The fraction of sp³-hybridized carbons (Fsp3) is 0.923. The summed E-state index contributed by atoms with van der Waals surface area (Å²) in [7, 11) is 0. The molecule has 1 fully saturated rings. The fourth-order valence-electron chi connectivity index (χ4n) is 2.02. The number of rotatable bonds is 4. The SMILES string of the molecule is CC(C)C(C)CC(=O)NC1CCNCC1C.Cl. The Morgan fingerprint density at radius 2 is 2.06 bits per heavy atom. The second-order valence-corrected chi connectivity index (χ2v) is 5.57. The molecular weight excluding hydrogens is 236 g/mol. The first-order valence-corrected chi connectivity index (χ1v) is 6.50. The first-order chi connectivity index (χ1) is 7.50. The van der Waals surface area contributed by atoms with Crippen molar-refractivity contribution in [3.63, 3.8) is 0 Å². The van der Waals surface area contributed by atoms with E-state index in [-0.39, 0.29) is 18.3 Å². The van der Waals surface area contributed by atoms with E-state index in [0.717, 1.165) is 19.5 Å². The second kappa shape index (κ2) is 7.93. The molecule has 0 spiro atoms. The van der Waals surface area contributed by atoms with Gasteiger partial charge in [-0.3, -0.25) is 4.79 Å². The lowest BCUT2D eigenvalue weighted by molar-refractivity contribution is -0.123. The monoisotopic (exact) mass is 262 g/mol. The van der Waals surface area contributed by atoms with Gasteiger partial charge in [0.1, 0.15) is 0 Å². The van der Waals surface area contributed by atoms with E-state index < -0.39 is 0 Å². The lowest BCUT2D eigenvalue weighted by Crippen LogP contribution is -2.48. The minimum Gasteiger partial charge on any atom is -0.353 e. The molecule has 1 saturated heterocycles. The van der Waals surface area contributed by atoms with Gasteiger partial charge in [0.05, 0.1) is 0 Å². The smallest absolute Gasteiger partial charge is 0.220 e. The van der Waals surface area contributed by atoms with Crippen LogP contribution in [0.3, 0.4) is 0 Å². The van der Waals surface area contributed by atoms with Crippen LogP contribution in [-0.2, 0) is 4.79 Å². The van der Waals surface area contributed by atoms with Gasteiger partial charge in [-0.25, -0.2) is 0 Å². The van der Waals surface area contributed by atoms with Gasteiger partial charge in [0.15, 0.2) is 0 Å². The Bertz CT molecular complexity index is 233. The Balaban J connectivity index is 0.00000256. The molecule has 4 heteroatoms. The maximum absolute atomic E-state index is 11.8. The third kappa shape index (κ3) is 5.73. The molecule has 0 radical (unpaired) electrons. The van der Waals surface area contributed by atoms with E-state index in [1.807, 2.05) is 0 Å². The van der Waals surface area contributed by atoms with Gasteiger partial charge in [-0.1, -0.05) is 27.7 Å². The van der Waals surface area contributed by atoms with Gasteiger partial charge in [-0.2, -0.15) is 0 Å². The number of piperidine rings is 1. The molecule has 17 heavy (non-hydrogen) atoms. The summed E-state index contributed by atoms with van der Waals surface area (Å²) in [5, 5.41) is 6.52. The van der Waals surface area contributed by atoms with Crippen molar-refractivity contribution in [1.82, 2.24) is 10.6 Å². The van der Waals surface area contributed by atoms with Gasteiger partial charge in [-0.15, -0.1) is 12.4 Å². The van der Waals surface area contributed by atoms with Gasteiger partial charge in [0.25, 0.3) is 0 Å². The average molecular weight is 263 g/mol. The Morgan fingerprint density at radius 3 is 2.59 bits per heavy atom. The third-order valence-electron chi connectivity index (χ3n) is 3.78. The van der Waals surface area contributed by atoms with Crippen molar-refractivity contribution in [3.8, 4) is 0 Å². The summed E-state index contributed by atoms with van der Waals surface area (Å²) in [6.45, 7) is 10.7. The number of carbonyl (C=O) groups excluding carboxylic acids is 1. The normalized spacial score (nSPS) is 26.2. The molecular formula is C13H27ClN2O. The van der Waals surface area contributed by atoms with Crippen molar-refractivity contribution >= 4 is 18.3 Å². The van der Waals surface area contributed by atoms with Crippen molar-refractivity contribution in [2.45, 2.75) is 46.6 Å². The summed E-state index contributed by atoms with van der Waals surface area (Å²) in [6, 6.07) is 0.369. The van der Waals surface area contributed by atoms with E-state index in [2.05, 4.69) is 38.3 Å². The molecule has 0 aromatic heterocycles. The number of amides is 1. The van der Waals surface area contributed by atoms with Gasteiger partial charge in [0.2, 0.25) is 5.91 Å². The highest BCUT2D eigenvalue weighted by Gasteiger charge is 2.23. The summed E-state index contributed by atoms with van der Waals surface area (Å²) in [6.07, 6.45) is 1.72. The molecule has 1 aliphatic rings. The standard InChI is InChI=1S/C13H26N2O.ClH/c1-9(2)10(3)7-13(16)15-12-5-6-14-8-11(12)4;/h9-12,14H,5-8H2,1-4H3,(H,15,16);1H. The molecule has 0 saturated carbocycles. The van der Waals surface area contributed by atoms with Crippen molar-refractivity contribution in [2.24, 2.45) is 17.8 Å². The first kappa shape index (κ1) is 16.7. The van der Waals surface area contributed by atoms with Gasteiger partial charge >= 0.3 is 0 Å². The first-order valence-electron chi connectivity index (χ1n) is 6.50. The maximum Gasteiger partial charge on any atom is 0.220 e. The fourth-order valence-corrected chi connectivity index (χ4v) is 2.02. The summed E-state index contributed by atoms with van der Waals surface area (Å²) >= 11 is 0. The molecule has 3 unspecified atom stereocenters. The van der Waals surface area contributed by atoms with Crippen LogP contribution in [0.5, 0.6) is 0 Å². The van der Waals surface area contributed by atoms with Crippen LogP contribution in [0.15, 0.2) is 0 Å². The summed E-state index contributed by atoms with van der Waals surface area (Å²) in [4.78, 5) is 11.8. The van der Waals surface area contributed by atoms with Crippen molar-refractivity contribution in [2.75, 3.05) is 13.1 Å². The van der Waals surface area contributed by atoms with E-state index in [4.69, 9.17) is 0 Å². The molecule has 3 atom stereocenters. The van der Waals surface area contributed by atoms with E-state index >= 15 is 0 Å². The van der Waals surface area contributed by atoms with Crippen molar-refractivity contribution in [3.05, 3.63) is 0 Å². The molecule has 3 nitrogen and oxygen atoms in total. The molecule has 0 bridgehead atoms. The zero-order valence-electron chi connectivity index (χ0n) is 11.5. The summed E-state index contributed by atoms with van der Waals surface area (Å²) < 4.78 is 0. The topological polar surface area (TPSA) is 41.1 Å². The highest BCUT2D eigenvalue weighted by atomic mass is 35.5. The maximum atomic E-state index is 11.8. The second-order valence-electron chi connectivity index (χ2n) is 5.57. The molecule has 0 aliphatic carbocycles. The van der Waals surface area contributed by atoms with E-state index in [0.29, 0.717) is 30.2 Å². The zero-order valence-corrected chi connectivity index (χ0v) is 12.3. The molecule has 1 rings (SSSR count). The van der Waals surface area contributed by atoms with Crippen LogP contribution in [0.25, 0.3) is 0 Å². The summed E-state index contributed by atoms with van der Waals surface area (Å²) in [5.74, 6) is 1.82.